The molecule has 0 bridgehead atoms. The van der Waals surface area contributed by atoms with Crippen LogP contribution in [0, 0.1) is 11.3 Å². The van der Waals surface area contributed by atoms with E-state index < -0.39 is 0 Å². The Bertz CT molecular complexity index is 1040. The van der Waals surface area contributed by atoms with E-state index in [1.165, 1.54) is 0 Å². The normalized spacial score (nSPS) is 11.0. The molecular weight excluding hydrogens is 352 g/mol. The first-order valence-electron chi connectivity index (χ1n) is 8.88. The van der Waals surface area contributed by atoms with Gasteiger partial charge in [0.2, 0.25) is 0 Å². The second-order valence-corrected chi connectivity index (χ2v) is 7.42. The highest BCUT2D eigenvalue weighted by Gasteiger charge is 2.22. The van der Waals surface area contributed by atoms with Crippen LogP contribution in [0.15, 0.2) is 54.6 Å². The lowest BCUT2D eigenvalue weighted by Crippen LogP contribution is -2.15. The highest BCUT2D eigenvalue weighted by molar-refractivity contribution is 6.04. The summed E-state index contributed by atoms with van der Waals surface area (Å²) in [5.41, 5.74) is 2.32. The molecule has 0 spiro atoms. The van der Waals surface area contributed by atoms with Crippen molar-refractivity contribution in [2.75, 3.05) is 12.4 Å². The first-order chi connectivity index (χ1) is 13.3. The van der Waals surface area contributed by atoms with Gasteiger partial charge < -0.3 is 10.1 Å². The van der Waals surface area contributed by atoms with Gasteiger partial charge in [-0.3, -0.25) is 4.79 Å². The molecule has 3 rings (SSSR count). The van der Waals surface area contributed by atoms with Crippen LogP contribution in [0.1, 0.15) is 42.4 Å². The molecule has 1 N–H and O–H groups in total. The molecular formula is C22H22N4O2. The van der Waals surface area contributed by atoms with Gasteiger partial charge in [-0.05, 0) is 42.5 Å². The van der Waals surface area contributed by atoms with Crippen LogP contribution in [0.3, 0.4) is 0 Å². The zero-order valence-electron chi connectivity index (χ0n) is 16.4. The van der Waals surface area contributed by atoms with E-state index in [0.29, 0.717) is 16.9 Å². The van der Waals surface area contributed by atoms with Crippen LogP contribution in [0.4, 0.5) is 5.82 Å². The van der Waals surface area contributed by atoms with E-state index >= 15 is 0 Å². The lowest BCUT2D eigenvalue weighted by molar-refractivity contribution is 0.102. The zero-order valence-corrected chi connectivity index (χ0v) is 16.4. The number of nitrogens with one attached hydrogen (secondary N) is 1. The number of hydrogen-bond acceptors (Lipinski definition) is 4. The van der Waals surface area contributed by atoms with Crippen LogP contribution >= 0.6 is 0 Å². The largest absolute Gasteiger partial charge is 0.497 e. The number of ether oxygens (including phenoxy) is 1. The van der Waals surface area contributed by atoms with Crippen LogP contribution in [-0.4, -0.2) is 22.8 Å². The van der Waals surface area contributed by atoms with Crippen molar-refractivity contribution in [3.05, 3.63) is 71.4 Å². The second-order valence-electron chi connectivity index (χ2n) is 7.42. The third-order valence-electron chi connectivity index (χ3n) is 4.29. The van der Waals surface area contributed by atoms with E-state index in [1.807, 2.05) is 36.4 Å². The molecule has 0 saturated carbocycles. The lowest BCUT2D eigenvalue weighted by atomic mass is 9.92. The maximum atomic E-state index is 12.7. The minimum absolute atomic E-state index is 0.183. The summed E-state index contributed by atoms with van der Waals surface area (Å²) in [6, 6.07) is 18.0. The molecule has 1 aromatic heterocycles. The molecule has 0 radical (unpaired) electrons. The molecule has 0 aliphatic heterocycles. The second kappa shape index (κ2) is 7.57. The van der Waals surface area contributed by atoms with Crippen LogP contribution in [0.5, 0.6) is 5.75 Å². The van der Waals surface area contributed by atoms with Gasteiger partial charge in [0.25, 0.3) is 5.91 Å². The molecule has 142 valence electrons. The fourth-order valence-electron chi connectivity index (χ4n) is 2.68. The van der Waals surface area contributed by atoms with Gasteiger partial charge in [0.05, 0.1) is 30.1 Å². The van der Waals surface area contributed by atoms with E-state index in [-0.39, 0.29) is 11.3 Å². The molecule has 0 aliphatic carbocycles. The van der Waals surface area contributed by atoms with E-state index in [1.54, 1.807) is 36.1 Å². The minimum atomic E-state index is -0.299. The molecule has 0 saturated heterocycles. The zero-order chi connectivity index (χ0) is 20.3. The predicted octanol–water partition coefficient (Wildman–Crippen LogP) is 4.30. The van der Waals surface area contributed by atoms with Gasteiger partial charge in [0.15, 0.2) is 0 Å². The van der Waals surface area contributed by atoms with Gasteiger partial charge in [0, 0.05) is 17.0 Å². The molecule has 6 nitrogen and oxygen atoms in total. The lowest BCUT2D eigenvalue weighted by Gasteiger charge is -2.14. The van der Waals surface area contributed by atoms with Gasteiger partial charge in [-0.25, -0.2) is 4.68 Å². The van der Waals surface area contributed by atoms with Crippen molar-refractivity contribution in [3.63, 3.8) is 0 Å². The minimum Gasteiger partial charge on any atom is -0.497 e. The van der Waals surface area contributed by atoms with E-state index in [9.17, 15) is 4.79 Å². The number of anilines is 1. The number of carbonyl (C=O) groups excluding carboxylic acids is 1. The SMILES string of the molecule is COc1ccc(-n2nc(C(C)(C)C)cc2NC(=O)c2cccc(C#N)c2)cc1. The standard InChI is InChI=1S/C22H22N4O2/c1-22(2,3)19-13-20(24-21(27)16-7-5-6-15(12-16)14-23)26(25-19)17-8-10-18(28-4)11-9-17/h5-13H,1-4H3,(H,24,27). The third kappa shape index (κ3) is 4.04. The molecule has 28 heavy (non-hydrogen) atoms. The number of benzene rings is 2. The predicted molar refractivity (Wildman–Crippen MR) is 108 cm³/mol. The van der Waals surface area contributed by atoms with Crippen molar-refractivity contribution in [1.82, 2.24) is 9.78 Å². The first kappa shape index (κ1) is 19.2. The Hall–Kier alpha value is -3.59. The Morgan fingerprint density at radius 2 is 1.86 bits per heavy atom. The number of methoxy groups -OCH3 is 1. The Balaban J connectivity index is 1.99. The van der Waals surface area contributed by atoms with E-state index in [4.69, 9.17) is 15.1 Å². The van der Waals surface area contributed by atoms with Gasteiger partial charge in [-0.2, -0.15) is 10.4 Å². The molecule has 0 atom stereocenters. The van der Waals surface area contributed by atoms with Crippen LogP contribution in [-0.2, 0) is 5.41 Å². The Labute approximate surface area is 164 Å². The third-order valence-corrected chi connectivity index (χ3v) is 4.29. The van der Waals surface area contributed by atoms with Crippen molar-refractivity contribution in [1.29, 1.82) is 5.26 Å². The summed E-state index contributed by atoms with van der Waals surface area (Å²) >= 11 is 0. The van der Waals surface area contributed by atoms with Crippen molar-refractivity contribution >= 4 is 11.7 Å². The Kier molecular flexibility index (Phi) is 5.18. The van der Waals surface area contributed by atoms with Gasteiger partial charge in [0.1, 0.15) is 11.6 Å². The smallest absolute Gasteiger partial charge is 0.256 e. The number of carbonyl (C=O) groups is 1. The van der Waals surface area contributed by atoms with Gasteiger partial charge >= 0.3 is 0 Å². The Morgan fingerprint density at radius 1 is 1.14 bits per heavy atom. The number of amides is 1. The van der Waals surface area contributed by atoms with Crippen LogP contribution < -0.4 is 10.1 Å². The van der Waals surface area contributed by atoms with Crippen molar-refractivity contribution in [2.45, 2.75) is 26.2 Å². The number of rotatable bonds is 4. The van der Waals surface area contributed by atoms with Gasteiger partial charge in [-0.1, -0.05) is 26.8 Å². The first-order valence-corrected chi connectivity index (χ1v) is 8.88. The van der Waals surface area contributed by atoms with Crippen molar-refractivity contribution in [3.8, 4) is 17.5 Å². The molecule has 0 aliphatic rings. The van der Waals surface area contributed by atoms with E-state index in [0.717, 1.165) is 17.1 Å². The maximum absolute atomic E-state index is 12.7. The average molecular weight is 374 g/mol. The number of hydrogen-bond donors (Lipinski definition) is 1. The molecule has 0 unspecified atom stereocenters. The summed E-state index contributed by atoms with van der Waals surface area (Å²) in [6.45, 7) is 6.20. The quantitative estimate of drug-likeness (QED) is 0.738. The fourth-order valence-corrected chi connectivity index (χ4v) is 2.68. The monoisotopic (exact) mass is 374 g/mol. The highest BCUT2D eigenvalue weighted by Crippen LogP contribution is 2.27. The summed E-state index contributed by atoms with van der Waals surface area (Å²) in [4.78, 5) is 12.7. The van der Waals surface area contributed by atoms with Crippen molar-refractivity contribution < 1.29 is 9.53 Å². The molecule has 1 heterocycles. The molecule has 0 fully saturated rings. The van der Waals surface area contributed by atoms with Crippen molar-refractivity contribution in [2.24, 2.45) is 0 Å². The number of nitrogens with zero attached hydrogens (tertiary/aromatic N) is 3. The topological polar surface area (TPSA) is 79.9 Å². The summed E-state index contributed by atoms with van der Waals surface area (Å²) in [5.74, 6) is 1.00. The summed E-state index contributed by atoms with van der Waals surface area (Å²) in [7, 11) is 1.61. The average Bonchev–Trinajstić information content (AvgIpc) is 3.12. The van der Waals surface area contributed by atoms with Crippen LogP contribution in [0.2, 0.25) is 0 Å². The summed E-state index contributed by atoms with van der Waals surface area (Å²) < 4.78 is 6.91. The maximum Gasteiger partial charge on any atom is 0.256 e. The fraction of sp³-hybridized carbons (Fsp3) is 0.227. The molecule has 6 heteroatoms. The Morgan fingerprint density at radius 3 is 2.46 bits per heavy atom. The summed E-state index contributed by atoms with van der Waals surface area (Å²) in [5, 5.41) is 16.7. The highest BCUT2D eigenvalue weighted by atomic mass is 16.5. The van der Waals surface area contributed by atoms with Crippen LogP contribution in [0.25, 0.3) is 5.69 Å². The molecule has 1 amide bonds. The molecule has 3 aromatic rings. The van der Waals surface area contributed by atoms with E-state index in [2.05, 4.69) is 26.1 Å². The summed E-state index contributed by atoms with van der Waals surface area (Å²) in [6.07, 6.45) is 0. The van der Waals surface area contributed by atoms with Gasteiger partial charge in [-0.15, -0.1) is 0 Å². The molecule has 2 aromatic carbocycles. The number of aromatic nitrogens is 2. The number of nitriles is 1.